The lowest BCUT2D eigenvalue weighted by atomic mass is 10.1. The Labute approximate surface area is 373 Å². The van der Waals surface area contributed by atoms with Gasteiger partial charge in [-0.2, -0.15) is 4.98 Å². The van der Waals surface area contributed by atoms with Crippen molar-refractivity contribution >= 4 is 25.6 Å². The van der Waals surface area contributed by atoms with Crippen molar-refractivity contribution in [3.63, 3.8) is 0 Å². The number of hydrogen-bond donors (Lipinski definition) is 1. The van der Waals surface area contributed by atoms with Crippen LogP contribution in [-0.4, -0.2) is 53.5 Å². The van der Waals surface area contributed by atoms with Gasteiger partial charge in [0.2, 0.25) is 0 Å². The predicted molar refractivity (Wildman–Crippen MR) is 245 cm³/mol. The number of phosphoric acid groups is 1. The number of rotatable bonds is 40. The molecule has 13 nitrogen and oxygen atoms in total. The number of nitrogen functional groups attached to an aromatic ring is 1. The first-order valence-electron chi connectivity index (χ1n) is 24.4. The molecule has 0 aliphatic carbocycles. The van der Waals surface area contributed by atoms with E-state index < -0.39 is 50.5 Å². The van der Waals surface area contributed by atoms with Crippen molar-refractivity contribution in [3.05, 3.63) is 47.1 Å². The van der Waals surface area contributed by atoms with Crippen LogP contribution in [0.2, 0.25) is 0 Å². The Morgan fingerprint density at radius 2 is 1.23 bits per heavy atom. The van der Waals surface area contributed by atoms with Gasteiger partial charge in [0.1, 0.15) is 18.7 Å². The molecule has 0 saturated carbocycles. The van der Waals surface area contributed by atoms with Crippen LogP contribution in [0.1, 0.15) is 213 Å². The number of aromatic nitrogens is 2. The highest BCUT2D eigenvalue weighted by Crippen LogP contribution is 2.40. The monoisotopic (exact) mass is 893 g/mol. The van der Waals surface area contributed by atoms with Crippen molar-refractivity contribution in [1.29, 1.82) is 0 Å². The molecule has 0 bridgehead atoms. The van der Waals surface area contributed by atoms with Crippen molar-refractivity contribution in [2.75, 3.05) is 25.6 Å². The first-order chi connectivity index (χ1) is 30.1. The van der Waals surface area contributed by atoms with Gasteiger partial charge >= 0.3 is 17.6 Å². The fourth-order valence-corrected chi connectivity index (χ4v) is 8.12. The Kier molecular flexibility index (Phi) is 32.6. The Hall–Kier alpha value is -2.83. The molecule has 0 aromatic carbocycles. The summed E-state index contributed by atoms with van der Waals surface area (Å²) in [5.41, 5.74) is 5.00. The van der Waals surface area contributed by atoms with Crippen molar-refractivity contribution in [2.45, 2.75) is 225 Å². The number of phosphoric ester groups is 1. The van der Waals surface area contributed by atoms with Gasteiger partial charge in [-0.05, 0) is 83.1 Å². The topological polar surface area (TPSA) is 181 Å². The molecular weight excluding hydrogens is 810 g/mol. The zero-order valence-electron chi connectivity index (χ0n) is 38.5. The second-order valence-electron chi connectivity index (χ2n) is 16.8. The summed E-state index contributed by atoms with van der Waals surface area (Å²) in [6.45, 7) is 3.24. The molecule has 0 amide bonds. The average Bonchev–Trinajstić information content (AvgIpc) is 3.72. The van der Waals surface area contributed by atoms with Gasteiger partial charge in [-0.1, -0.05) is 141 Å². The molecule has 2 unspecified atom stereocenters. The number of ether oxygens (including phenoxy) is 3. The fourth-order valence-electron chi connectivity index (χ4n) is 7.34. The Bertz CT molecular complexity index is 1470. The minimum Gasteiger partial charge on any atom is -0.756 e. The predicted octanol–water partition coefficient (Wildman–Crippen LogP) is 11.5. The zero-order valence-corrected chi connectivity index (χ0v) is 39.4. The molecule has 1 fully saturated rings. The van der Waals surface area contributed by atoms with E-state index in [4.69, 9.17) is 29.0 Å². The highest BCUT2D eigenvalue weighted by Gasteiger charge is 2.29. The van der Waals surface area contributed by atoms with E-state index in [-0.39, 0.29) is 31.9 Å². The maximum absolute atomic E-state index is 12.8. The van der Waals surface area contributed by atoms with Gasteiger partial charge < -0.3 is 33.9 Å². The fraction of sp³-hybridized carbons (Fsp3) is 0.792. The third-order valence-electron chi connectivity index (χ3n) is 11.1. The lowest BCUT2D eigenvalue weighted by molar-refractivity contribution is -0.230. The van der Waals surface area contributed by atoms with Crippen LogP contribution in [0.4, 0.5) is 5.82 Å². The maximum Gasteiger partial charge on any atom is 0.351 e. The lowest BCUT2D eigenvalue weighted by Crippen LogP contribution is -2.30. The molecule has 14 heteroatoms. The van der Waals surface area contributed by atoms with Crippen LogP contribution >= 0.6 is 7.82 Å². The van der Waals surface area contributed by atoms with Crippen molar-refractivity contribution in [2.24, 2.45) is 0 Å². The molecule has 62 heavy (non-hydrogen) atoms. The Morgan fingerprint density at radius 3 is 1.74 bits per heavy atom. The smallest absolute Gasteiger partial charge is 0.351 e. The first-order valence-corrected chi connectivity index (χ1v) is 25.8. The van der Waals surface area contributed by atoms with Crippen LogP contribution in [0.5, 0.6) is 0 Å². The van der Waals surface area contributed by atoms with E-state index in [1.807, 2.05) is 0 Å². The third kappa shape index (κ3) is 29.5. The maximum atomic E-state index is 12.8. The zero-order chi connectivity index (χ0) is 44.9. The van der Waals surface area contributed by atoms with E-state index in [0.717, 1.165) is 77.0 Å². The standard InChI is InChI=1S/C48H84N3O10P/c1-3-5-7-9-11-13-15-17-19-21-23-25-27-29-31-33-46(52)57-39-43(61-47(53)34-32-30-28-26-24-22-20-18-16-14-12-10-8-6-4-2)41-59-62(55,56)58-40-42-35-36-45(60-42)51-38-37-44(49)50-48(51)54/h17-20,37-38,42-43,45H,3-16,21-36,39-41H2,1-2H3,(H,55,56)(H2,49,50,54)/p-1/b19-17+,20-18+/t42-,43?,45+/m0/s1. The Balaban J connectivity index is 1.71. The summed E-state index contributed by atoms with van der Waals surface area (Å²) in [5, 5.41) is 0. The minimum atomic E-state index is -4.87. The number of allylic oxidation sites excluding steroid dienone is 4. The van der Waals surface area contributed by atoms with Crippen LogP contribution in [0.15, 0.2) is 41.4 Å². The van der Waals surface area contributed by atoms with E-state index in [1.54, 1.807) is 0 Å². The summed E-state index contributed by atoms with van der Waals surface area (Å²) < 4.78 is 41.1. The molecule has 0 spiro atoms. The van der Waals surface area contributed by atoms with Crippen LogP contribution in [0.3, 0.4) is 0 Å². The molecule has 0 radical (unpaired) electrons. The van der Waals surface area contributed by atoms with Gasteiger partial charge in [-0.15, -0.1) is 0 Å². The summed E-state index contributed by atoms with van der Waals surface area (Å²) in [6.07, 6.45) is 39.3. The van der Waals surface area contributed by atoms with E-state index in [9.17, 15) is 23.8 Å². The highest BCUT2D eigenvalue weighted by molar-refractivity contribution is 7.45. The van der Waals surface area contributed by atoms with E-state index in [2.05, 4.69) is 43.1 Å². The Morgan fingerprint density at radius 1 is 0.742 bits per heavy atom. The number of esters is 2. The molecule has 2 rings (SSSR count). The number of nitrogens with two attached hydrogens (primary N) is 1. The van der Waals surface area contributed by atoms with E-state index in [0.29, 0.717) is 25.7 Å². The molecule has 1 aliphatic heterocycles. The van der Waals surface area contributed by atoms with Gasteiger partial charge in [0, 0.05) is 19.0 Å². The average molecular weight is 893 g/mol. The number of unbranched alkanes of at least 4 members (excludes halogenated alkanes) is 22. The van der Waals surface area contributed by atoms with Gasteiger partial charge in [0.25, 0.3) is 7.82 Å². The van der Waals surface area contributed by atoms with Crippen LogP contribution in [0.25, 0.3) is 0 Å². The second-order valence-corrected chi connectivity index (χ2v) is 18.2. The molecule has 1 saturated heterocycles. The lowest BCUT2D eigenvalue weighted by Gasteiger charge is -2.26. The number of anilines is 1. The number of carbonyl (C=O) groups excluding carboxylic acids is 2. The number of nitrogens with zero attached hydrogens (tertiary/aromatic N) is 2. The van der Waals surface area contributed by atoms with Crippen molar-refractivity contribution < 1.29 is 42.3 Å². The summed E-state index contributed by atoms with van der Waals surface area (Å²) in [7, 11) is -4.87. The second kappa shape index (κ2) is 36.5. The molecule has 4 atom stereocenters. The van der Waals surface area contributed by atoms with Crippen LogP contribution in [-0.2, 0) is 37.4 Å². The number of hydrogen-bond acceptors (Lipinski definition) is 12. The molecular formula is C48H83N3O10P-. The van der Waals surface area contributed by atoms with Gasteiger partial charge in [-0.3, -0.25) is 18.7 Å². The van der Waals surface area contributed by atoms with Crippen LogP contribution < -0.4 is 16.3 Å². The van der Waals surface area contributed by atoms with Gasteiger partial charge in [0.05, 0.1) is 19.3 Å². The SMILES string of the molecule is CCCCCCCC/C=C/CCCCCCCC(=O)OCC(COP(=O)([O-])OC[C@@H]1CC[C@H](n2ccc(N)nc2=O)O1)OC(=O)CCCCCCC/C=C/CCCCCCCC. The normalized spacial score (nSPS) is 16.9. The molecule has 356 valence electrons. The highest BCUT2D eigenvalue weighted by atomic mass is 31.2. The minimum absolute atomic E-state index is 0.0915. The molecule has 2 heterocycles. The van der Waals surface area contributed by atoms with E-state index >= 15 is 0 Å². The largest absolute Gasteiger partial charge is 0.756 e. The molecule has 1 aliphatic rings. The quantitative estimate of drug-likeness (QED) is 0.0285. The molecule has 1 aromatic heterocycles. The summed E-state index contributed by atoms with van der Waals surface area (Å²) in [4.78, 5) is 54.1. The summed E-state index contributed by atoms with van der Waals surface area (Å²) >= 11 is 0. The third-order valence-corrected chi connectivity index (χ3v) is 12.0. The van der Waals surface area contributed by atoms with E-state index in [1.165, 1.54) is 93.9 Å². The summed E-state index contributed by atoms with van der Waals surface area (Å²) in [5.74, 6) is -0.858. The first kappa shape index (κ1) is 55.3. The van der Waals surface area contributed by atoms with Crippen molar-refractivity contribution in [1.82, 2.24) is 9.55 Å². The van der Waals surface area contributed by atoms with Crippen molar-refractivity contribution in [3.8, 4) is 0 Å². The number of carbonyl (C=O) groups is 2. The van der Waals surface area contributed by atoms with Crippen LogP contribution in [0, 0.1) is 0 Å². The van der Waals surface area contributed by atoms with Gasteiger partial charge in [0.15, 0.2) is 6.10 Å². The summed E-state index contributed by atoms with van der Waals surface area (Å²) in [6, 6.07) is 1.48. The van der Waals surface area contributed by atoms with Gasteiger partial charge in [-0.25, -0.2) is 4.79 Å². The molecule has 2 N–H and O–H groups in total. The molecule has 1 aromatic rings.